The third-order valence-corrected chi connectivity index (χ3v) is 3.12. The van der Waals surface area contributed by atoms with Crippen molar-refractivity contribution in [2.75, 3.05) is 14.2 Å². The van der Waals surface area contributed by atoms with Crippen LogP contribution >= 0.6 is 0 Å². The standard InChI is InChI=1S/C13H17FN4O/c1-15-11(7-13-16-8-17-18(13)2)9-4-5-12(19-3)10(14)6-9/h4-6,8,11,15H,7H2,1-3H3. The van der Waals surface area contributed by atoms with Crippen molar-refractivity contribution in [3.8, 4) is 5.75 Å². The minimum atomic E-state index is -0.363. The maximum absolute atomic E-state index is 13.7. The van der Waals surface area contributed by atoms with Gasteiger partial charge in [0.2, 0.25) is 0 Å². The molecule has 19 heavy (non-hydrogen) atoms. The lowest BCUT2D eigenvalue weighted by atomic mass is 10.0. The zero-order valence-electron chi connectivity index (χ0n) is 11.2. The van der Waals surface area contributed by atoms with Crippen LogP contribution in [-0.4, -0.2) is 28.9 Å². The number of nitrogens with zero attached hydrogens (tertiary/aromatic N) is 3. The quantitative estimate of drug-likeness (QED) is 0.888. The molecule has 1 aromatic heterocycles. The molecule has 0 aliphatic carbocycles. The Hall–Kier alpha value is -1.95. The third-order valence-electron chi connectivity index (χ3n) is 3.12. The van der Waals surface area contributed by atoms with E-state index in [9.17, 15) is 4.39 Å². The highest BCUT2D eigenvalue weighted by atomic mass is 19.1. The average Bonchev–Trinajstić information content (AvgIpc) is 2.81. The van der Waals surface area contributed by atoms with Crippen molar-refractivity contribution >= 4 is 0 Å². The number of halogens is 1. The first-order valence-corrected chi connectivity index (χ1v) is 5.99. The first kappa shape index (κ1) is 13.5. The second-order valence-corrected chi connectivity index (χ2v) is 4.24. The van der Waals surface area contributed by atoms with Crippen molar-refractivity contribution < 1.29 is 9.13 Å². The van der Waals surface area contributed by atoms with Crippen LogP contribution in [0.5, 0.6) is 5.75 Å². The normalized spacial score (nSPS) is 12.4. The van der Waals surface area contributed by atoms with Crippen LogP contribution in [0.15, 0.2) is 24.5 Å². The molecule has 0 aliphatic heterocycles. The van der Waals surface area contributed by atoms with Crippen LogP contribution < -0.4 is 10.1 Å². The molecule has 0 fully saturated rings. The number of hydrogen-bond donors (Lipinski definition) is 1. The second kappa shape index (κ2) is 5.79. The average molecular weight is 264 g/mol. The molecule has 0 bridgehead atoms. The molecule has 102 valence electrons. The molecule has 1 unspecified atom stereocenters. The molecule has 2 rings (SSSR count). The summed E-state index contributed by atoms with van der Waals surface area (Å²) in [6.45, 7) is 0. The molecule has 1 N–H and O–H groups in total. The smallest absolute Gasteiger partial charge is 0.165 e. The van der Waals surface area contributed by atoms with Crippen LogP contribution in [0.4, 0.5) is 4.39 Å². The second-order valence-electron chi connectivity index (χ2n) is 4.24. The van der Waals surface area contributed by atoms with Gasteiger partial charge in [-0.2, -0.15) is 5.10 Å². The molecule has 5 nitrogen and oxygen atoms in total. The van der Waals surface area contributed by atoms with Crippen LogP contribution in [0, 0.1) is 5.82 Å². The van der Waals surface area contributed by atoms with Crippen LogP contribution in [0.1, 0.15) is 17.4 Å². The van der Waals surface area contributed by atoms with Crippen molar-refractivity contribution in [3.05, 3.63) is 41.7 Å². The molecule has 2 aromatic rings. The number of nitrogens with one attached hydrogen (secondary N) is 1. The first-order valence-electron chi connectivity index (χ1n) is 5.99. The molecule has 1 heterocycles. The van der Waals surface area contributed by atoms with E-state index in [2.05, 4.69) is 15.4 Å². The molecule has 1 aromatic carbocycles. The molecule has 0 saturated carbocycles. The zero-order chi connectivity index (χ0) is 13.8. The fourth-order valence-corrected chi connectivity index (χ4v) is 1.97. The predicted octanol–water partition coefficient (Wildman–Crippen LogP) is 1.47. The van der Waals surface area contributed by atoms with Crippen molar-refractivity contribution in [3.63, 3.8) is 0 Å². The van der Waals surface area contributed by atoms with Gasteiger partial charge in [0.1, 0.15) is 12.2 Å². The van der Waals surface area contributed by atoms with Gasteiger partial charge in [0.25, 0.3) is 0 Å². The number of hydrogen-bond acceptors (Lipinski definition) is 4. The van der Waals surface area contributed by atoms with Gasteiger partial charge in [0, 0.05) is 19.5 Å². The van der Waals surface area contributed by atoms with Crippen molar-refractivity contribution in [1.29, 1.82) is 0 Å². The predicted molar refractivity (Wildman–Crippen MR) is 69.5 cm³/mol. The van der Waals surface area contributed by atoms with E-state index in [1.54, 1.807) is 10.7 Å². The summed E-state index contributed by atoms with van der Waals surface area (Å²) >= 11 is 0. The Morgan fingerprint density at radius 3 is 2.79 bits per heavy atom. The van der Waals surface area contributed by atoms with Crippen molar-refractivity contribution in [1.82, 2.24) is 20.1 Å². The number of benzene rings is 1. The highest BCUT2D eigenvalue weighted by Crippen LogP contribution is 2.23. The van der Waals surface area contributed by atoms with E-state index >= 15 is 0 Å². The summed E-state index contributed by atoms with van der Waals surface area (Å²) in [6.07, 6.45) is 2.15. The van der Waals surface area contributed by atoms with Gasteiger partial charge in [-0.3, -0.25) is 4.68 Å². The van der Waals surface area contributed by atoms with Gasteiger partial charge in [0.05, 0.1) is 7.11 Å². The van der Waals surface area contributed by atoms with Gasteiger partial charge in [-0.25, -0.2) is 9.37 Å². The van der Waals surface area contributed by atoms with Crippen molar-refractivity contribution in [2.24, 2.45) is 7.05 Å². The summed E-state index contributed by atoms with van der Waals surface area (Å²) in [5.41, 5.74) is 0.851. The molecule has 1 atom stereocenters. The fourth-order valence-electron chi connectivity index (χ4n) is 1.97. The van der Waals surface area contributed by atoms with Gasteiger partial charge < -0.3 is 10.1 Å². The highest BCUT2D eigenvalue weighted by Gasteiger charge is 2.15. The maximum Gasteiger partial charge on any atom is 0.165 e. The Morgan fingerprint density at radius 1 is 1.47 bits per heavy atom. The van der Waals surface area contributed by atoms with E-state index in [0.717, 1.165) is 11.4 Å². The summed E-state index contributed by atoms with van der Waals surface area (Å²) in [7, 11) is 5.13. The molecular formula is C13H17FN4O. The number of aromatic nitrogens is 3. The van der Waals surface area contributed by atoms with Gasteiger partial charge >= 0.3 is 0 Å². The third kappa shape index (κ3) is 2.90. The van der Waals surface area contributed by atoms with E-state index in [0.29, 0.717) is 6.42 Å². The Kier molecular flexibility index (Phi) is 4.11. The molecule has 0 saturated heterocycles. The van der Waals surface area contributed by atoms with E-state index in [-0.39, 0.29) is 17.6 Å². The molecule has 0 aliphatic rings. The van der Waals surface area contributed by atoms with Crippen molar-refractivity contribution in [2.45, 2.75) is 12.5 Å². The minimum Gasteiger partial charge on any atom is -0.494 e. The van der Waals surface area contributed by atoms with Gasteiger partial charge in [-0.1, -0.05) is 6.07 Å². The number of ether oxygens (including phenoxy) is 1. The number of aryl methyl sites for hydroxylation is 1. The number of methoxy groups -OCH3 is 1. The molecule has 6 heteroatoms. The van der Waals surface area contributed by atoms with Crippen LogP contribution in [0.3, 0.4) is 0 Å². The summed E-state index contributed by atoms with van der Waals surface area (Å²) in [4.78, 5) is 4.18. The van der Waals surface area contributed by atoms with Gasteiger partial charge in [-0.05, 0) is 24.7 Å². The monoisotopic (exact) mass is 264 g/mol. The number of rotatable bonds is 5. The molecule has 0 spiro atoms. The van der Waals surface area contributed by atoms with Gasteiger partial charge in [-0.15, -0.1) is 0 Å². The van der Waals surface area contributed by atoms with E-state index in [1.165, 1.54) is 19.5 Å². The largest absolute Gasteiger partial charge is 0.494 e. The van der Waals surface area contributed by atoms with Crippen LogP contribution in [0.25, 0.3) is 0 Å². The summed E-state index contributed by atoms with van der Waals surface area (Å²) in [6, 6.07) is 4.94. The summed E-state index contributed by atoms with van der Waals surface area (Å²) < 4.78 is 20.3. The SMILES string of the molecule is CNC(Cc1ncnn1C)c1ccc(OC)c(F)c1. The molecular weight excluding hydrogens is 247 g/mol. The number of likely N-dealkylation sites (N-methyl/N-ethyl adjacent to an activating group) is 1. The topological polar surface area (TPSA) is 52.0 Å². The lowest BCUT2D eigenvalue weighted by molar-refractivity contribution is 0.385. The zero-order valence-corrected chi connectivity index (χ0v) is 11.2. The Bertz CT molecular complexity index is 555. The van der Waals surface area contributed by atoms with E-state index < -0.39 is 0 Å². The van der Waals surface area contributed by atoms with E-state index in [1.807, 2.05) is 20.2 Å². The highest BCUT2D eigenvalue weighted by molar-refractivity contribution is 5.31. The Labute approximate surface area is 111 Å². The van der Waals surface area contributed by atoms with E-state index in [4.69, 9.17) is 4.74 Å². The summed E-state index contributed by atoms with van der Waals surface area (Å²) in [5, 5.41) is 7.19. The lowest BCUT2D eigenvalue weighted by Crippen LogP contribution is -2.20. The first-order chi connectivity index (χ1) is 9.15. The summed E-state index contributed by atoms with van der Waals surface area (Å²) in [5.74, 6) is 0.728. The maximum atomic E-state index is 13.7. The molecule has 0 amide bonds. The lowest BCUT2D eigenvalue weighted by Gasteiger charge is -2.16. The van der Waals surface area contributed by atoms with Crippen LogP contribution in [-0.2, 0) is 13.5 Å². The molecule has 0 radical (unpaired) electrons. The fraction of sp³-hybridized carbons (Fsp3) is 0.385. The Morgan fingerprint density at radius 2 is 2.26 bits per heavy atom. The Balaban J connectivity index is 2.22. The van der Waals surface area contributed by atoms with Gasteiger partial charge in [0.15, 0.2) is 11.6 Å². The minimum absolute atomic E-state index is 0.0247. The van der Waals surface area contributed by atoms with Crippen LogP contribution in [0.2, 0.25) is 0 Å².